The Labute approximate surface area is 54.3 Å². The molecule has 3 heteroatoms. The Morgan fingerprint density at radius 1 is 1.62 bits per heavy atom. The van der Waals surface area contributed by atoms with Crippen LogP contribution in [-0.4, -0.2) is 17.3 Å². The van der Waals surface area contributed by atoms with Gasteiger partial charge in [-0.05, 0) is 6.92 Å². The van der Waals surface area contributed by atoms with Crippen molar-refractivity contribution in [1.82, 2.24) is 5.32 Å². The summed E-state index contributed by atoms with van der Waals surface area (Å²) < 4.78 is 0. The van der Waals surface area contributed by atoms with E-state index in [0.29, 0.717) is 6.54 Å². The molecule has 0 spiro atoms. The molecule has 0 aliphatic heterocycles. The smallest absolute Gasteiger partial charge is 0.217 e. The minimum atomic E-state index is -0.0331. The number of rotatable bonds is 2. The van der Waals surface area contributed by atoms with Gasteiger partial charge < -0.3 is 5.32 Å². The summed E-state index contributed by atoms with van der Waals surface area (Å²) in [4.78, 5) is 11.0. The second-order valence-electron chi connectivity index (χ2n) is 1.61. The molecule has 0 bridgehead atoms. The molecule has 0 aromatic heterocycles. The zero-order valence-electron chi connectivity index (χ0n) is 5.02. The predicted molar refractivity (Wildman–Crippen MR) is 37.0 cm³/mol. The van der Waals surface area contributed by atoms with Crippen LogP contribution in [0.5, 0.6) is 0 Å². The molecule has 1 N–H and O–H groups in total. The van der Waals surface area contributed by atoms with E-state index in [0.717, 1.165) is 4.86 Å². The Morgan fingerprint density at radius 2 is 2.12 bits per heavy atom. The molecular weight excluding hydrogens is 122 g/mol. The van der Waals surface area contributed by atoms with Gasteiger partial charge in [0.25, 0.3) is 0 Å². The van der Waals surface area contributed by atoms with Gasteiger partial charge in [0, 0.05) is 18.3 Å². The van der Waals surface area contributed by atoms with Crippen LogP contribution in [0.4, 0.5) is 0 Å². The van der Waals surface area contributed by atoms with Crippen molar-refractivity contribution in [3.05, 3.63) is 0 Å². The average Bonchev–Trinajstić information content (AvgIpc) is 1.61. The summed E-state index contributed by atoms with van der Waals surface area (Å²) in [6.45, 7) is 3.79. The van der Waals surface area contributed by atoms with Gasteiger partial charge in [0.05, 0.1) is 0 Å². The SMILES string of the molecule is CC(=O)NCC(C)=S. The predicted octanol–water partition coefficient (Wildman–Crippen LogP) is 0.512. The van der Waals surface area contributed by atoms with Gasteiger partial charge in [0.15, 0.2) is 0 Å². The molecule has 1 amide bonds. The third-order valence-electron chi connectivity index (χ3n) is 0.586. The van der Waals surface area contributed by atoms with Crippen LogP contribution in [0.1, 0.15) is 13.8 Å². The monoisotopic (exact) mass is 131 g/mol. The highest BCUT2D eigenvalue weighted by Crippen LogP contribution is 1.69. The van der Waals surface area contributed by atoms with Gasteiger partial charge >= 0.3 is 0 Å². The van der Waals surface area contributed by atoms with Crippen molar-refractivity contribution in [2.75, 3.05) is 6.54 Å². The number of hydrogen-bond donors (Lipinski definition) is 1. The van der Waals surface area contributed by atoms with Gasteiger partial charge in [0.1, 0.15) is 0 Å². The minimum absolute atomic E-state index is 0.0331. The zero-order chi connectivity index (χ0) is 6.57. The highest BCUT2D eigenvalue weighted by molar-refractivity contribution is 7.80. The average molecular weight is 131 g/mol. The van der Waals surface area contributed by atoms with E-state index in [1.165, 1.54) is 6.92 Å². The fraction of sp³-hybridized carbons (Fsp3) is 0.600. The van der Waals surface area contributed by atoms with E-state index in [4.69, 9.17) is 12.2 Å². The van der Waals surface area contributed by atoms with E-state index in [-0.39, 0.29) is 5.91 Å². The second-order valence-corrected chi connectivity index (χ2v) is 2.31. The highest BCUT2D eigenvalue weighted by Gasteiger charge is 1.88. The van der Waals surface area contributed by atoms with Crippen LogP contribution in [0, 0.1) is 0 Å². The Bertz CT molecular complexity index is 97.0. The summed E-state index contributed by atoms with van der Waals surface area (Å²) in [5.74, 6) is -0.0331. The quantitative estimate of drug-likeness (QED) is 0.553. The third-order valence-corrected chi connectivity index (χ3v) is 0.731. The molecule has 8 heavy (non-hydrogen) atoms. The summed E-state index contributed by atoms with van der Waals surface area (Å²) in [6.07, 6.45) is 0. The maximum absolute atomic E-state index is 10.2. The topological polar surface area (TPSA) is 29.1 Å². The van der Waals surface area contributed by atoms with E-state index < -0.39 is 0 Å². The Hall–Kier alpha value is -0.440. The summed E-state index contributed by atoms with van der Waals surface area (Å²) in [5.41, 5.74) is 0. The molecule has 0 saturated carbocycles. The number of hydrogen-bond acceptors (Lipinski definition) is 2. The Morgan fingerprint density at radius 3 is 2.25 bits per heavy atom. The first kappa shape index (κ1) is 7.56. The molecule has 0 unspecified atom stereocenters. The van der Waals surface area contributed by atoms with E-state index in [2.05, 4.69) is 5.32 Å². The minimum Gasteiger partial charge on any atom is -0.352 e. The molecule has 0 aromatic carbocycles. The number of nitrogens with one attached hydrogen (secondary N) is 1. The molecule has 0 aliphatic rings. The molecule has 0 rings (SSSR count). The first-order chi connectivity index (χ1) is 3.63. The number of thiocarbonyl (C=S) groups is 1. The van der Waals surface area contributed by atoms with Crippen LogP contribution in [0.3, 0.4) is 0 Å². The van der Waals surface area contributed by atoms with Gasteiger partial charge in [-0.3, -0.25) is 4.79 Å². The lowest BCUT2D eigenvalue weighted by molar-refractivity contribution is -0.118. The molecule has 0 saturated heterocycles. The van der Waals surface area contributed by atoms with Crippen molar-refractivity contribution < 1.29 is 4.79 Å². The summed E-state index contributed by atoms with van der Waals surface area (Å²) in [5, 5.41) is 2.56. The van der Waals surface area contributed by atoms with E-state index in [1.807, 2.05) is 0 Å². The molecular formula is C5H9NOS. The van der Waals surface area contributed by atoms with E-state index >= 15 is 0 Å². The van der Waals surface area contributed by atoms with Crippen molar-refractivity contribution >= 4 is 23.0 Å². The summed E-state index contributed by atoms with van der Waals surface area (Å²) in [7, 11) is 0. The van der Waals surface area contributed by atoms with Crippen molar-refractivity contribution in [1.29, 1.82) is 0 Å². The summed E-state index contributed by atoms with van der Waals surface area (Å²) >= 11 is 4.70. The standard InChI is InChI=1S/C5H9NOS/c1-4(8)3-6-5(2)7/h3H2,1-2H3,(H,6,7). The lowest BCUT2D eigenvalue weighted by Crippen LogP contribution is -2.24. The van der Waals surface area contributed by atoms with E-state index in [1.54, 1.807) is 6.92 Å². The Kier molecular flexibility index (Phi) is 3.35. The third kappa shape index (κ3) is 5.56. The van der Waals surface area contributed by atoms with Gasteiger partial charge in [-0.25, -0.2) is 0 Å². The van der Waals surface area contributed by atoms with Crippen molar-refractivity contribution in [3.63, 3.8) is 0 Å². The summed E-state index contributed by atoms with van der Waals surface area (Å²) in [6, 6.07) is 0. The molecule has 0 fully saturated rings. The first-order valence-corrected chi connectivity index (χ1v) is 2.77. The van der Waals surface area contributed by atoms with Crippen LogP contribution in [0.25, 0.3) is 0 Å². The van der Waals surface area contributed by atoms with Crippen LogP contribution in [0.2, 0.25) is 0 Å². The van der Waals surface area contributed by atoms with Crippen molar-refractivity contribution in [2.24, 2.45) is 0 Å². The largest absolute Gasteiger partial charge is 0.352 e. The van der Waals surface area contributed by atoms with Crippen molar-refractivity contribution in [2.45, 2.75) is 13.8 Å². The van der Waals surface area contributed by atoms with E-state index in [9.17, 15) is 4.79 Å². The van der Waals surface area contributed by atoms with Gasteiger partial charge in [-0.2, -0.15) is 0 Å². The number of amides is 1. The first-order valence-electron chi connectivity index (χ1n) is 2.37. The van der Waals surface area contributed by atoms with Crippen LogP contribution in [0.15, 0.2) is 0 Å². The fourth-order valence-corrected chi connectivity index (χ4v) is 0.321. The Balaban J connectivity index is 3.18. The van der Waals surface area contributed by atoms with Crippen molar-refractivity contribution in [3.8, 4) is 0 Å². The normalized spacial score (nSPS) is 8.25. The zero-order valence-corrected chi connectivity index (χ0v) is 5.84. The molecule has 0 radical (unpaired) electrons. The molecule has 0 aliphatic carbocycles. The number of carbonyl (C=O) groups is 1. The molecule has 46 valence electrons. The van der Waals surface area contributed by atoms with Gasteiger partial charge in [0.2, 0.25) is 5.91 Å². The van der Waals surface area contributed by atoms with Gasteiger partial charge in [-0.1, -0.05) is 12.2 Å². The molecule has 2 nitrogen and oxygen atoms in total. The second kappa shape index (κ2) is 3.55. The van der Waals surface area contributed by atoms with Crippen LogP contribution in [-0.2, 0) is 4.79 Å². The van der Waals surface area contributed by atoms with Crippen LogP contribution < -0.4 is 5.32 Å². The molecule has 0 heterocycles. The number of carbonyl (C=O) groups excluding carboxylic acids is 1. The highest BCUT2D eigenvalue weighted by atomic mass is 32.1. The molecule has 0 aromatic rings. The lowest BCUT2D eigenvalue weighted by atomic mass is 10.5. The lowest BCUT2D eigenvalue weighted by Gasteiger charge is -1.95. The maximum Gasteiger partial charge on any atom is 0.217 e. The fourth-order valence-electron chi connectivity index (χ4n) is 0.249. The van der Waals surface area contributed by atoms with Crippen LogP contribution >= 0.6 is 12.2 Å². The molecule has 0 atom stereocenters. The maximum atomic E-state index is 10.2. The van der Waals surface area contributed by atoms with Gasteiger partial charge in [-0.15, -0.1) is 0 Å².